The van der Waals surface area contributed by atoms with Gasteiger partial charge in [0.25, 0.3) is 5.91 Å². The molecule has 1 aromatic carbocycles. The molecule has 0 radical (unpaired) electrons. The number of hydrogen-bond acceptors (Lipinski definition) is 8. The number of carbonyl (C=O) groups is 2. The Balaban J connectivity index is 1.21. The molecule has 3 aliphatic rings. The fourth-order valence-corrected chi connectivity index (χ4v) is 6.94. The highest BCUT2D eigenvalue weighted by molar-refractivity contribution is 8.04. The van der Waals surface area contributed by atoms with Gasteiger partial charge in [0.2, 0.25) is 11.9 Å². The van der Waals surface area contributed by atoms with E-state index in [1.165, 1.54) is 0 Å². The normalized spacial score (nSPS) is 25.2. The maximum absolute atomic E-state index is 13.4. The van der Waals surface area contributed by atoms with Crippen LogP contribution in [-0.4, -0.2) is 90.3 Å². The summed E-state index contributed by atoms with van der Waals surface area (Å²) in [5, 5.41) is 0.283. The molecule has 0 spiro atoms. The Labute approximate surface area is 221 Å². The van der Waals surface area contributed by atoms with Gasteiger partial charge in [0.15, 0.2) is 11.5 Å². The summed E-state index contributed by atoms with van der Waals surface area (Å²) in [7, 11) is 5.07. The molecular formula is C27H33N5O4S. The van der Waals surface area contributed by atoms with Crippen LogP contribution in [0.1, 0.15) is 24.8 Å². The lowest BCUT2D eigenvalue weighted by Gasteiger charge is -2.45. The molecule has 1 aliphatic carbocycles. The number of benzene rings is 1. The molecule has 1 aromatic heterocycles. The Bertz CT molecular complexity index is 1170. The zero-order valence-corrected chi connectivity index (χ0v) is 22.3. The average molecular weight is 524 g/mol. The van der Waals surface area contributed by atoms with Crippen molar-refractivity contribution in [2.75, 3.05) is 52.3 Å². The number of rotatable bonds is 5. The molecule has 9 nitrogen and oxygen atoms in total. The number of hydrogen-bond donors (Lipinski definition) is 0. The summed E-state index contributed by atoms with van der Waals surface area (Å²) in [6.07, 6.45) is 7.88. The third-order valence-electron chi connectivity index (χ3n) is 7.54. The first-order valence-corrected chi connectivity index (χ1v) is 13.5. The number of amides is 2. The molecule has 10 heteroatoms. The van der Waals surface area contributed by atoms with Crippen molar-refractivity contribution in [2.45, 2.75) is 30.6 Å². The third-order valence-corrected chi connectivity index (χ3v) is 8.94. The van der Waals surface area contributed by atoms with Crippen molar-refractivity contribution in [3.63, 3.8) is 0 Å². The van der Waals surface area contributed by atoms with Crippen LogP contribution in [0.3, 0.4) is 0 Å². The van der Waals surface area contributed by atoms with Gasteiger partial charge in [-0.1, -0.05) is 6.07 Å². The zero-order chi connectivity index (χ0) is 25.9. The van der Waals surface area contributed by atoms with Crippen LogP contribution >= 0.6 is 11.8 Å². The predicted octanol–water partition coefficient (Wildman–Crippen LogP) is 2.93. The van der Waals surface area contributed by atoms with Crippen molar-refractivity contribution in [2.24, 2.45) is 5.92 Å². The lowest BCUT2D eigenvalue weighted by molar-refractivity contribution is -0.139. The van der Waals surface area contributed by atoms with Crippen LogP contribution in [0.15, 0.2) is 41.6 Å². The van der Waals surface area contributed by atoms with Crippen molar-refractivity contribution in [1.29, 1.82) is 0 Å². The van der Waals surface area contributed by atoms with Crippen molar-refractivity contribution in [3.8, 4) is 11.5 Å². The van der Waals surface area contributed by atoms with Gasteiger partial charge >= 0.3 is 0 Å². The Morgan fingerprint density at radius 3 is 2.49 bits per heavy atom. The Kier molecular flexibility index (Phi) is 7.55. The quantitative estimate of drug-likeness (QED) is 0.553. The van der Waals surface area contributed by atoms with E-state index in [9.17, 15) is 9.59 Å². The SMILES string of the molecule is COc1ccc(/C=C2/SC3CCC(C(=O)N4CCN(c5ncccn5)CC4)CC3N(C)C2=O)cc1OC. The first kappa shape index (κ1) is 25.4. The maximum atomic E-state index is 13.4. The lowest BCUT2D eigenvalue weighted by atomic mass is 9.83. The van der Waals surface area contributed by atoms with Crippen LogP contribution in [-0.2, 0) is 9.59 Å². The summed E-state index contributed by atoms with van der Waals surface area (Å²) in [6.45, 7) is 2.80. The monoisotopic (exact) mass is 523 g/mol. The lowest BCUT2D eigenvalue weighted by Crippen LogP contribution is -2.55. The van der Waals surface area contributed by atoms with Crippen molar-refractivity contribution in [1.82, 2.24) is 19.8 Å². The average Bonchev–Trinajstić information content (AvgIpc) is 2.95. The Hall–Kier alpha value is -3.27. The van der Waals surface area contributed by atoms with E-state index in [0.717, 1.165) is 36.4 Å². The number of thioether (sulfide) groups is 1. The zero-order valence-electron chi connectivity index (χ0n) is 21.5. The van der Waals surface area contributed by atoms with Gasteiger partial charge in [0.1, 0.15) is 0 Å². The topological polar surface area (TPSA) is 88.1 Å². The molecule has 2 amide bonds. The number of nitrogens with zero attached hydrogens (tertiary/aromatic N) is 5. The second kappa shape index (κ2) is 11.0. The smallest absolute Gasteiger partial charge is 0.260 e. The number of anilines is 1. The van der Waals surface area contributed by atoms with Crippen molar-refractivity contribution >= 4 is 35.6 Å². The van der Waals surface area contributed by atoms with E-state index in [2.05, 4.69) is 14.9 Å². The maximum Gasteiger partial charge on any atom is 0.260 e. The minimum atomic E-state index is -0.0481. The van der Waals surface area contributed by atoms with Crippen LogP contribution < -0.4 is 14.4 Å². The van der Waals surface area contributed by atoms with Crippen molar-refractivity contribution in [3.05, 3.63) is 47.1 Å². The predicted molar refractivity (Wildman–Crippen MR) is 144 cm³/mol. The summed E-state index contributed by atoms with van der Waals surface area (Å²) in [5.41, 5.74) is 0.893. The summed E-state index contributed by atoms with van der Waals surface area (Å²) in [4.78, 5) is 42.0. The van der Waals surface area contributed by atoms with Crippen LogP contribution in [0, 0.1) is 5.92 Å². The van der Waals surface area contributed by atoms with Crippen molar-refractivity contribution < 1.29 is 19.1 Å². The molecule has 5 rings (SSSR count). The highest BCUT2D eigenvalue weighted by atomic mass is 32.2. The minimum Gasteiger partial charge on any atom is -0.493 e. The number of likely N-dealkylation sites (N-methyl/N-ethyl adjacent to an activating group) is 1. The van der Waals surface area contributed by atoms with Crippen LogP contribution in [0.4, 0.5) is 5.95 Å². The van der Waals surface area contributed by atoms with Crippen LogP contribution in [0.5, 0.6) is 11.5 Å². The van der Waals surface area contributed by atoms with E-state index in [1.54, 1.807) is 44.4 Å². The van der Waals surface area contributed by atoms with E-state index in [0.29, 0.717) is 37.0 Å². The van der Waals surface area contributed by atoms with Gasteiger partial charge in [0.05, 0.1) is 19.1 Å². The van der Waals surface area contributed by atoms with Gasteiger partial charge in [0, 0.05) is 62.8 Å². The van der Waals surface area contributed by atoms with Crippen LogP contribution in [0.2, 0.25) is 0 Å². The first-order valence-electron chi connectivity index (χ1n) is 12.7. The number of aromatic nitrogens is 2. The summed E-state index contributed by atoms with van der Waals surface area (Å²) < 4.78 is 10.7. The third kappa shape index (κ3) is 5.25. The fourth-order valence-electron chi connectivity index (χ4n) is 5.46. The molecule has 196 valence electrons. The van der Waals surface area contributed by atoms with E-state index < -0.39 is 0 Å². The number of ether oxygens (including phenoxy) is 2. The Morgan fingerprint density at radius 1 is 1.05 bits per heavy atom. The van der Waals surface area contributed by atoms with Gasteiger partial charge in [-0.2, -0.15) is 0 Å². The summed E-state index contributed by atoms with van der Waals surface area (Å²) >= 11 is 1.65. The molecule has 2 aromatic rings. The first-order chi connectivity index (χ1) is 18.0. The van der Waals surface area contributed by atoms with E-state index in [1.807, 2.05) is 41.1 Å². The van der Waals surface area contributed by atoms with E-state index in [-0.39, 0.29) is 29.0 Å². The molecule has 37 heavy (non-hydrogen) atoms. The Morgan fingerprint density at radius 2 is 1.78 bits per heavy atom. The molecule has 3 heterocycles. The fraction of sp³-hybridized carbons (Fsp3) is 0.481. The van der Waals surface area contributed by atoms with Gasteiger partial charge in [-0.15, -0.1) is 11.8 Å². The molecular weight excluding hydrogens is 490 g/mol. The van der Waals surface area contributed by atoms with Gasteiger partial charge < -0.3 is 24.2 Å². The number of carbonyl (C=O) groups excluding carboxylic acids is 2. The molecule has 2 saturated heterocycles. The molecule has 3 unspecified atom stereocenters. The molecule has 3 fully saturated rings. The van der Waals surface area contributed by atoms with Gasteiger partial charge in [-0.3, -0.25) is 9.59 Å². The number of methoxy groups -OCH3 is 2. The summed E-state index contributed by atoms with van der Waals surface area (Å²) in [6, 6.07) is 7.51. The standard InChI is InChI=1S/C27H33N5O4S/c1-30-20-17-19(25(33)31-11-13-32(14-12-31)27-28-9-4-10-29-27)6-8-23(20)37-24(26(30)34)16-18-5-7-21(35-2)22(15-18)36-3/h4-5,7,9-10,15-16,19-20,23H,6,8,11-14,17H2,1-3H3/b24-16+. The van der Waals surface area contributed by atoms with E-state index in [4.69, 9.17) is 9.47 Å². The molecule has 0 N–H and O–H groups in total. The minimum absolute atomic E-state index is 0.00519. The highest BCUT2D eigenvalue weighted by Crippen LogP contribution is 2.44. The number of piperazine rings is 1. The van der Waals surface area contributed by atoms with Crippen LogP contribution in [0.25, 0.3) is 6.08 Å². The largest absolute Gasteiger partial charge is 0.493 e. The van der Waals surface area contributed by atoms with E-state index >= 15 is 0 Å². The second-order valence-electron chi connectivity index (χ2n) is 9.63. The molecule has 1 saturated carbocycles. The van der Waals surface area contributed by atoms with Gasteiger partial charge in [-0.05, 0) is 49.1 Å². The summed E-state index contributed by atoms with van der Waals surface area (Å²) in [5.74, 6) is 2.17. The molecule has 0 bridgehead atoms. The number of fused-ring (bicyclic) bond motifs is 1. The molecule has 2 aliphatic heterocycles. The highest BCUT2D eigenvalue weighted by Gasteiger charge is 2.43. The second-order valence-corrected chi connectivity index (χ2v) is 10.9. The van der Waals surface area contributed by atoms with Gasteiger partial charge in [-0.25, -0.2) is 9.97 Å². The molecule has 3 atom stereocenters.